The molecule has 4 heteroatoms. The number of nitrogens with one attached hydrogen (secondary N) is 1. The smallest absolute Gasteiger partial charge is 0.0626 e. The van der Waals surface area contributed by atoms with Gasteiger partial charge in [0.05, 0.1) is 13.2 Å². The van der Waals surface area contributed by atoms with Crippen LogP contribution in [0.15, 0.2) is 48.5 Å². The molecule has 1 atom stereocenters. The summed E-state index contributed by atoms with van der Waals surface area (Å²) in [6.07, 6.45) is 0.788. The first-order valence-corrected chi connectivity index (χ1v) is 6.73. The topological polar surface area (TPSA) is 21.3 Å². The number of hydrogen-bond donors (Lipinski definition) is 1. The lowest BCUT2D eigenvalue weighted by Gasteiger charge is -2.19. The lowest BCUT2D eigenvalue weighted by Crippen LogP contribution is -2.22. The third kappa shape index (κ3) is 3.95. The molecule has 0 aliphatic rings. The van der Waals surface area contributed by atoms with Crippen LogP contribution in [0.25, 0.3) is 0 Å². The summed E-state index contributed by atoms with van der Waals surface area (Å²) in [6, 6.07) is 15.7. The molecular weight excluding hydrogens is 281 g/mol. The molecule has 2 aromatic rings. The van der Waals surface area contributed by atoms with Crippen molar-refractivity contribution in [2.24, 2.45) is 0 Å². The van der Waals surface area contributed by atoms with E-state index in [1.807, 2.05) is 30.3 Å². The number of halogens is 2. The third-order valence-electron chi connectivity index (χ3n) is 2.88. The molecule has 19 heavy (non-hydrogen) atoms. The SMILES string of the molecule is CONC(Cc1ccccc1)c1ccc(Cl)cc1Cl. The van der Waals surface area contributed by atoms with Gasteiger partial charge in [-0.05, 0) is 29.7 Å². The summed E-state index contributed by atoms with van der Waals surface area (Å²) in [6.45, 7) is 0. The van der Waals surface area contributed by atoms with Crippen LogP contribution in [0.4, 0.5) is 0 Å². The Morgan fingerprint density at radius 1 is 1.11 bits per heavy atom. The first-order chi connectivity index (χ1) is 9.20. The molecule has 1 unspecified atom stereocenters. The summed E-state index contributed by atoms with van der Waals surface area (Å²) in [5.74, 6) is 0. The van der Waals surface area contributed by atoms with E-state index < -0.39 is 0 Å². The van der Waals surface area contributed by atoms with E-state index in [9.17, 15) is 0 Å². The summed E-state index contributed by atoms with van der Waals surface area (Å²) < 4.78 is 0. The van der Waals surface area contributed by atoms with E-state index in [0.29, 0.717) is 10.0 Å². The van der Waals surface area contributed by atoms with Crippen molar-refractivity contribution >= 4 is 23.2 Å². The summed E-state index contributed by atoms with van der Waals surface area (Å²) in [7, 11) is 1.60. The molecule has 2 rings (SSSR count). The largest absolute Gasteiger partial charge is 0.305 e. The van der Waals surface area contributed by atoms with Crippen molar-refractivity contribution in [3.63, 3.8) is 0 Å². The molecule has 0 spiro atoms. The Morgan fingerprint density at radius 3 is 2.47 bits per heavy atom. The lowest BCUT2D eigenvalue weighted by molar-refractivity contribution is 0.0605. The number of hydroxylamine groups is 1. The van der Waals surface area contributed by atoms with Gasteiger partial charge in [-0.15, -0.1) is 0 Å². The normalized spacial score (nSPS) is 12.4. The van der Waals surface area contributed by atoms with Gasteiger partial charge in [-0.2, -0.15) is 5.48 Å². The maximum absolute atomic E-state index is 6.25. The second-order valence-electron chi connectivity index (χ2n) is 4.23. The van der Waals surface area contributed by atoms with Gasteiger partial charge < -0.3 is 4.84 Å². The maximum atomic E-state index is 6.25. The van der Waals surface area contributed by atoms with Crippen molar-refractivity contribution in [2.75, 3.05) is 7.11 Å². The highest BCUT2D eigenvalue weighted by Crippen LogP contribution is 2.28. The Morgan fingerprint density at radius 2 is 1.84 bits per heavy atom. The minimum atomic E-state index is -0.0165. The van der Waals surface area contributed by atoms with Crippen LogP contribution in [0.5, 0.6) is 0 Å². The van der Waals surface area contributed by atoms with Gasteiger partial charge in [0, 0.05) is 10.0 Å². The molecule has 0 bridgehead atoms. The molecular formula is C15H15Cl2NO. The van der Waals surface area contributed by atoms with Crippen molar-refractivity contribution in [1.29, 1.82) is 0 Å². The molecule has 0 saturated carbocycles. The Bertz CT molecular complexity index is 531. The highest BCUT2D eigenvalue weighted by molar-refractivity contribution is 6.35. The van der Waals surface area contributed by atoms with Gasteiger partial charge in [-0.25, -0.2) is 0 Å². The van der Waals surface area contributed by atoms with E-state index in [0.717, 1.165) is 12.0 Å². The van der Waals surface area contributed by atoms with Crippen LogP contribution in [-0.2, 0) is 11.3 Å². The molecule has 0 aliphatic heterocycles. The van der Waals surface area contributed by atoms with Crippen LogP contribution in [0, 0.1) is 0 Å². The Kier molecular flexibility index (Phi) is 5.23. The van der Waals surface area contributed by atoms with E-state index >= 15 is 0 Å². The molecule has 0 amide bonds. The molecule has 0 radical (unpaired) electrons. The van der Waals surface area contributed by atoms with Crippen LogP contribution in [-0.4, -0.2) is 7.11 Å². The van der Waals surface area contributed by atoms with Gasteiger partial charge in [0.2, 0.25) is 0 Å². The van der Waals surface area contributed by atoms with Crippen molar-refractivity contribution in [3.8, 4) is 0 Å². The van der Waals surface area contributed by atoms with Crippen LogP contribution in [0.3, 0.4) is 0 Å². The Labute approximate surface area is 123 Å². The molecule has 0 aromatic heterocycles. The van der Waals surface area contributed by atoms with Gasteiger partial charge in [-0.3, -0.25) is 0 Å². The highest BCUT2D eigenvalue weighted by atomic mass is 35.5. The van der Waals surface area contributed by atoms with Gasteiger partial charge in [0.1, 0.15) is 0 Å². The van der Waals surface area contributed by atoms with Crippen molar-refractivity contribution in [2.45, 2.75) is 12.5 Å². The molecule has 0 heterocycles. The summed E-state index contributed by atoms with van der Waals surface area (Å²) >= 11 is 12.2. The second-order valence-corrected chi connectivity index (χ2v) is 5.07. The second kappa shape index (κ2) is 6.92. The molecule has 1 N–H and O–H groups in total. The van der Waals surface area contributed by atoms with Crippen molar-refractivity contribution in [3.05, 3.63) is 69.7 Å². The predicted molar refractivity (Wildman–Crippen MR) is 79.5 cm³/mol. The average Bonchev–Trinajstić information content (AvgIpc) is 2.39. The highest BCUT2D eigenvalue weighted by Gasteiger charge is 2.15. The zero-order chi connectivity index (χ0) is 13.7. The first-order valence-electron chi connectivity index (χ1n) is 5.98. The fourth-order valence-electron chi connectivity index (χ4n) is 1.99. The zero-order valence-electron chi connectivity index (χ0n) is 10.6. The van der Waals surface area contributed by atoms with E-state index in [-0.39, 0.29) is 6.04 Å². The van der Waals surface area contributed by atoms with Gasteiger partial charge in [0.25, 0.3) is 0 Å². The summed E-state index contributed by atoms with van der Waals surface area (Å²) in [5, 5.41) is 1.27. The van der Waals surface area contributed by atoms with E-state index in [1.54, 1.807) is 13.2 Å². The maximum Gasteiger partial charge on any atom is 0.0626 e. The van der Waals surface area contributed by atoms with Crippen LogP contribution in [0.2, 0.25) is 10.0 Å². The molecule has 0 saturated heterocycles. The van der Waals surface area contributed by atoms with Crippen LogP contribution < -0.4 is 5.48 Å². The molecule has 0 aliphatic carbocycles. The van der Waals surface area contributed by atoms with Gasteiger partial charge in [-0.1, -0.05) is 59.6 Å². The van der Waals surface area contributed by atoms with Gasteiger partial charge in [0.15, 0.2) is 0 Å². The third-order valence-corrected chi connectivity index (χ3v) is 3.44. The zero-order valence-corrected chi connectivity index (χ0v) is 12.1. The van der Waals surface area contributed by atoms with Crippen LogP contribution in [0.1, 0.15) is 17.2 Å². The average molecular weight is 296 g/mol. The molecule has 2 aromatic carbocycles. The van der Waals surface area contributed by atoms with Crippen molar-refractivity contribution < 1.29 is 4.84 Å². The van der Waals surface area contributed by atoms with E-state index in [4.69, 9.17) is 28.0 Å². The predicted octanol–water partition coefficient (Wildman–Crippen LogP) is 4.43. The van der Waals surface area contributed by atoms with E-state index in [2.05, 4.69) is 17.6 Å². The molecule has 2 nitrogen and oxygen atoms in total. The minimum absolute atomic E-state index is 0.0165. The quantitative estimate of drug-likeness (QED) is 0.824. The minimum Gasteiger partial charge on any atom is -0.305 e. The number of rotatable bonds is 5. The summed E-state index contributed by atoms with van der Waals surface area (Å²) in [4.78, 5) is 5.07. The Balaban J connectivity index is 2.24. The van der Waals surface area contributed by atoms with E-state index in [1.165, 1.54) is 5.56 Å². The first kappa shape index (κ1) is 14.4. The fourth-order valence-corrected chi connectivity index (χ4v) is 2.53. The molecule has 100 valence electrons. The number of hydrogen-bond acceptors (Lipinski definition) is 2. The summed E-state index contributed by atoms with van der Waals surface area (Å²) in [5.41, 5.74) is 5.16. The lowest BCUT2D eigenvalue weighted by atomic mass is 9.99. The van der Waals surface area contributed by atoms with Crippen LogP contribution >= 0.6 is 23.2 Å². The van der Waals surface area contributed by atoms with Crippen molar-refractivity contribution in [1.82, 2.24) is 5.48 Å². The Hall–Kier alpha value is -1.06. The molecule has 0 fully saturated rings. The fraction of sp³-hybridized carbons (Fsp3) is 0.200. The standard InChI is InChI=1S/C15H15Cl2NO/c1-19-18-15(9-11-5-3-2-4-6-11)13-8-7-12(16)10-14(13)17/h2-8,10,15,18H,9H2,1H3. The monoisotopic (exact) mass is 295 g/mol. The number of benzene rings is 2. The van der Waals surface area contributed by atoms with Gasteiger partial charge >= 0.3 is 0 Å².